The van der Waals surface area contributed by atoms with Crippen LogP contribution >= 0.6 is 12.4 Å². The highest BCUT2D eigenvalue weighted by Gasteiger charge is 2.24. The van der Waals surface area contributed by atoms with Crippen molar-refractivity contribution < 1.29 is 14.3 Å². The van der Waals surface area contributed by atoms with Crippen LogP contribution in [0.15, 0.2) is 24.3 Å². The van der Waals surface area contributed by atoms with Gasteiger partial charge in [0.2, 0.25) is 5.91 Å². The third-order valence-electron chi connectivity index (χ3n) is 4.89. The summed E-state index contributed by atoms with van der Waals surface area (Å²) in [6, 6.07) is 8.30. The van der Waals surface area contributed by atoms with Gasteiger partial charge in [-0.25, -0.2) is 0 Å². The van der Waals surface area contributed by atoms with Crippen molar-refractivity contribution in [2.75, 3.05) is 26.9 Å². The molecule has 6 heteroatoms. The summed E-state index contributed by atoms with van der Waals surface area (Å²) in [5.41, 5.74) is 7.05. The third-order valence-corrected chi connectivity index (χ3v) is 4.89. The largest absolute Gasteiger partial charge is 0.494 e. The van der Waals surface area contributed by atoms with Crippen LogP contribution in [-0.2, 0) is 16.0 Å². The monoisotopic (exact) mass is 384 g/mol. The van der Waals surface area contributed by atoms with E-state index in [9.17, 15) is 4.79 Å². The van der Waals surface area contributed by atoms with Gasteiger partial charge >= 0.3 is 0 Å². The van der Waals surface area contributed by atoms with E-state index < -0.39 is 0 Å². The Balaban J connectivity index is 0.00000338. The van der Waals surface area contributed by atoms with Gasteiger partial charge in [0.05, 0.1) is 13.2 Å². The minimum Gasteiger partial charge on any atom is -0.494 e. The van der Waals surface area contributed by atoms with Crippen molar-refractivity contribution in [1.29, 1.82) is 0 Å². The molecule has 3 N–H and O–H groups in total. The highest BCUT2D eigenvalue weighted by molar-refractivity contribution is 5.85. The van der Waals surface area contributed by atoms with Gasteiger partial charge in [-0.3, -0.25) is 4.79 Å². The zero-order valence-electron chi connectivity index (χ0n) is 15.7. The van der Waals surface area contributed by atoms with E-state index >= 15 is 0 Å². The Morgan fingerprint density at radius 3 is 2.62 bits per heavy atom. The number of benzene rings is 1. The maximum Gasteiger partial charge on any atom is 0.220 e. The molecule has 0 aliphatic heterocycles. The molecule has 1 saturated carbocycles. The summed E-state index contributed by atoms with van der Waals surface area (Å²) >= 11 is 0. The lowest BCUT2D eigenvalue weighted by molar-refractivity contribution is -0.122. The summed E-state index contributed by atoms with van der Waals surface area (Å²) in [6.45, 7) is 1.94. The number of carbonyl (C=O) groups is 1. The predicted molar refractivity (Wildman–Crippen MR) is 107 cm³/mol. The molecule has 0 saturated heterocycles. The van der Waals surface area contributed by atoms with Crippen LogP contribution in [0, 0.1) is 5.92 Å². The first-order valence-electron chi connectivity index (χ1n) is 9.43. The van der Waals surface area contributed by atoms with E-state index in [2.05, 4.69) is 17.4 Å². The van der Waals surface area contributed by atoms with Crippen molar-refractivity contribution in [1.82, 2.24) is 5.32 Å². The maximum atomic E-state index is 12.1. The molecule has 148 valence electrons. The van der Waals surface area contributed by atoms with Crippen molar-refractivity contribution in [3.8, 4) is 5.75 Å². The number of hydrogen-bond donors (Lipinski definition) is 2. The first kappa shape index (κ1) is 22.7. The number of nitrogens with one attached hydrogen (secondary N) is 1. The van der Waals surface area contributed by atoms with Gasteiger partial charge in [-0.2, -0.15) is 0 Å². The van der Waals surface area contributed by atoms with Crippen LogP contribution in [0.1, 0.15) is 44.1 Å². The first-order valence-corrected chi connectivity index (χ1v) is 9.43. The second kappa shape index (κ2) is 13.0. The van der Waals surface area contributed by atoms with Gasteiger partial charge in [-0.1, -0.05) is 25.0 Å². The lowest BCUT2D eigenvalue weighted by Gasteiger charge is -2.31. The summed E-state index contributed by atoms with van der Waals surface area (Å²) in [5.74, 6) is 1.39. The van der Waals surface area contributed by atoms with E-state index in [-0.39, 0.29) is 24.4 Å². The molecule has 1 aliphatic rings. The smallest absolute Gasteiger partial charge is 0.220 e. The van der Waals surface area contributed by atoms with E-state index in [0.717, 1.165) is 38.0 Å². The Morgan fingerprint density at radius 1 is 1.19 bits per heavy atom. The predicted octanol–water partition coefficient (Wildman–Crippen LogP) is 3.09. The number of rotatable bonds is 10. The minimum absolute atomic E-state index is 0. The number of carbonyl (C=O) groups excluding carboxylic acids is 1. The topological polar surface area (TPSA) is 73.6 Å². The highest BCUT2D eigenvalue weighted by Crippen LogP contribution is 2.23. The van der Waals surface area contributed by atoms with Crippen molar-refractivity contribution in [3.05, 3.63) is 29.8 Å². The number of methoxy groups -OCH3 is 1. The van der Waals surface area contributed by atoms with Crippen LogP contribution in [-0.4, -0.2) is 38.8 Å². The standard InChI is InChI=1S/C20H32N2O3.ClH/c1-24-14-12-16-8-10-18(11-9-16)25-13-4-7-20(23)22-19-6-3-2-5-17(19)15-21;/h8-11,17,19H,2-7,12-15,21H2,1H3,(H,22,23);1H. The number of amides is 1. The fourth-order valence-electron chi connectivity index (χ4n) is 3.35. The molecule has 1 fully saturated rings. The van der Waals surface area contributed by atoms with Gasteiger partial charge < -0.3 is 20.5 Å². The van der Waals surface area contributed by atoms with Gasteiger partial charge in [0.15, 0.2) is 0 Å². The van der Waals surface area contributed by atoms with Crippen LogP contribution < -0.4 is 15.8 Å². The van der Waals surface area contributed by atoms with E-state index in [4.69, 9.17) is 15.2 Å². The van der Waals surface area contributed by atoms with Crippen LogP contribution in [0.3, 0.4) is 0 Å². The highest BCUT2D eigenvalue weighted by atomic mass is 35.5. The lowest BCUT2D eigenvalue weighted by atomic mass is 9.84. The summed E-state index contributed by atoms with van der Waals surface area (Å²) in [6.07, 6.45) is 6.72. The van der Waals surface area contributed by atoms with Gasteiger partial charge in [0, 0.05) is 19.6 Å². The molecule has 2 unspecified atom stereocenters. The number of ether oxygens (including phenoxy) is 2. The zero-order valence-corrected chi connectivity index (χ0v) is 16.6. The van der Waals surface area contributed by atoms with Crippen LogP contribution in [0.25, 0.3) is 0 Å². The van der Waals surface area contributed by atoms with E-state index in [0.29, 0.717) is 25.5 Å². The van der Waals surface area contributed by atoms with Crippen LogP contribution in [0.2, 0.25) is 0 Å². The van der Waals surface area contributed by atoms with Crippen molar-refractivity contribution >= 4 is 18.3 Å². The van der Waals surface area contributed by atoms with E-state index in [1.807, 2.05) is 12.1 Å². The molecule has 0 heterocycles. The SMILES string of the molecule is COCCc1ccc(OCCCC(=O)NC2CCCCC2CN)cc1.Cl. The molecule has 5 nitrogen and oxygen atoms in total. The summed E-state index contributed by atoms with van der Waals surface area (Å²) in [4.78, 5) is 12.1. The molecule has 1 aromatic rings. The normalized spacial score (nSPS) is 19.5. The lowest BCUT2D eigenvalue weighted by Crippen LogP contribution is -2.44. The minimum atomic E-state index is 0. The molecule has 0 bridgehead atoms. The molecule has 2 atom stereocenters. The van der Waals surface area contributed by atoms with Gasteiger partial charge in [-0.05, 0) is 55.8 Å². The molecule has 0 radical (unpaired) electrons. The van der Waals surface area contributed by atoms with Crippen molar-refractivity contribution in [2.24, 2.45) is 11.7 Å². The average Bonchev–Trinajstić information content (AvgIpc) is 2.65. The first-order chi connectivity index (χ1) is 12.2. The fourth-order valence-corrected chi connectivity index (χ4v) is 3.35. The molecule has 1 amide bonds. The Morgan fingerprint density at radius 2 is 1.92 bits per heavy atom. The number of nitrogens with two attached hydrogens (primary N) is 1. The molecule has 1 aromatic carbocycles. The van der Waals surface area contributed by atoms with Crippen molar-refractivity contribution in [3.63, 3.8) is 0 Å². The summed E-state index contributed by atoms with van der Waals surface area (Å²) in [5, 5.41) is 3.16. The van der Waals surface area contributed by atoms with E-state index in [1.54, 1.807) is 7.11 Å². The Kier molecular flexibility index (Phi) is 11.3. The second-order valence-corrected chi connectivity index (χ2v) is 6.79. The molecule has 2 rings (SSSR count). The Hall–Kier alpha value is -1.30. The second-order valence-electron chi connectivity index (χ2n) is 6.79. The fraction of sp³-hybridized carbons (Fsp3) is 0.650. The molecule has 1 aliphatic carbocycles. The summed E-state index contributed by atoms with van der Waals surface area (Å²) < 4.78 is 10.8. The Labute approximate surface area is 163 Å². The van der Waals surface area contributed by atoms with Gasteiger partial charge in [0.1, 0.15) is 5.75 Å². The maximum absolute atomic E-state index is 12.1. The molecular weight excluding hydrogens is 352 g/mol. The Bertz CT molecular complexity index is 510. The van der Waals surface area contributed by atoms with Gasteiger partial charge in [0.25, 0.3) is 0 Å². The molecule has 26 heavy (non-hydrogen) atoms. The zero-order chi connectivity index (χ0) is 17.9. The number of halogens is 1. The summed E-state index contributed by atoms with van der Waals surface area (Å²) in [7, 11) is 1.71. The van der Waals surface area contributed by atoms with Crippen LogP contribution in [0.4, 0.5) is 0 Å². The molecule has 0 spiro atoms. The van der Waals surface area contributed by atoms with Crippen molar-refractivity contribution in [2.45, 2.75) is 51.0 Å². The number of hydrogen-bond acceptors (Lipinski definition) is 4. The van der Waals surface area contributed by atoms with Crippen LogP contribution in [0.5, 0.6) is 5.75 Å². The van der Waals surface area contributed by atoms with E-state index in [1.165, 1.54) is 18.4 Å². The molecule has 0 aromatic heterocycles. The quantitative estimate of drug-likeness (QED) is 0.608. The average molecular weight is 385 g/mol. The van der Waals surface area contributed by atoms with Gasteiger partial charge in [-0.15, -0.1) is 12.4 Å². The molecular formula is C20H33ClN2O3. The third kappa shape index (κ3) is 7.94.